The van der Waals surface area contributed by atoms with Crippen molar-refractivity contribution >= 4 is 10.2 Å². The Morgan fingerprint density at radius 3 is 2.11 bits per heavy atom. The lowest BCUT2D eigenvalue weighted by molar-refractivity contribution is 0.875. The van der Waals surface area contributed by atoms with Gasteiger partial charge in [0, 0.05) is 10.2 Å². The summed E-state index contributed by atoms with van der Waals surface area (Å²) in [6.07, 6.45) is 2.39. The average molecular weight is 138 g/mol. The highest BCUT2D eigenvalue weighted by Crippen LogP contribution is 2.27. The molecular weight excluding hydrogens is 124 g/mol. The molecule has 50 valence electrons. The zero-order chi connectivity index (χ0) is 7.02. The summed E-state index contributed by atoms with van der Waals surface area (Å²) in [7, 11) is 1.22. The van der Waals surface area contributed by atoms with Crippen molar-refractivity contribution in [3.8, 4) is 0 Å². The van der Waals surface area contributed by atoms with Crippen molar-refractivity contribution < 1.29 is 0 Å². The van der Waals surface area contributed by atoms with Gasteiger partial charge in [-0.3, -0.25) is 0 Å². The van der Waals surface area contributed by atoms with E-state index in [0.717, 1.165) is 5.92 Å². The van der Waals surface area contributed by atoms with Crippen LogP contribution >= 0.6 is 0 Å². The zero-order valence-corrected chi connectivity index (χ0v) is 8.65. The van der Waals surface area contributed by atoms with E-state index in [1.165, 1.54) is 10.2 Å². The van der Waals surface area contributed by atoms with Crippen LogP contribution in [0.2, 0.25) is 0 Å². The molecule has 0 bridgehead atoms. The molecule has 0 aromatic carbocycles. The van der Waals surface area contributed by atoms with Gasteiger partial charge in [0.05, 0.1) is 0 Å². The SMILES string of the molecule is CC1=C(C)C(C)C=C1[SiH3]. The van der Waals surface area contributed by atoms with Gasteiger partial charge in [-0.15, -0.1) is 0 Å². The molecule has 0 fully saturated rings. The monoisotopic (exact) mass is 138 g/mol. The molecule has 1 atom stereocenters. The van der Waals surface area contributed by atoms with Gasteiger partial charge >= 0.3 is 0 Å². The molecule has 0 radical (unpaired) electrons. The minimum absolute atomic E-state index is 0.720. The molecule has 1 unspecified atom stereocenters. The van der Waals surface area contributed by atoms with Crippen molar-refractivity contribution in [2.24, 2.45) is 5.92 Å². The van der Waals surface area contributed by atoms with Gasteiger partial charge in [-0.25, -0.2) is 0 Å². The first-order chi connectivity index (χ1) is 4.13. The molecule has 0 N–H and O–H groups in total. The first kappa shape index (κ1) is 6.81. The van der Waals surface area contributed by atoms with Crippen LogP contribution in [0.1, 0.15) is 20.8 Å². The Kier molecular flexibility index (Phi) is 1.62. The maximum atomic E-state index is 2.39. The molecule has 0 heterocycles. The van der Waals surface area contributed by atoms with E-state index in [0.29, 0.717) is 0 Å². The third kappa shape index (κ3) is 1.01. The molecule has 0 nitrogen and oxygen atoms in total. The smallest absolute Gasteiger partial charge is 0.0384 e. The van der Waals surface area contributed by atoms with Crippen LogP contribution in [0.5, 0.6) is 0 Å². The quantitative estimate of drug-likeness (QED) is 0.442. The van der Waals surface area contributed by atoms with Crippen molar-refractivity contribution in [1.29, 1.82) is 0 Å². The van der Waals surface area contributed by atoms with E-state index in [2.05, 4.69) is 26.8 Å². The van der Waals surface area contributed by atoms with E-state index < -0.39 is 0 Å². The Hall–Kier alpha value is -0.303. The minimum Gasteiger partial charge on any atom is -0.0791 e. The fourth-order valence-electron chi connectivity index (χ4n) is 1.28. The molecule has 0 aromatic rings. The van der Waals surface area contributed by atoms with Gasteiger partial charge in [-0.05, 0) is 19.8 Å². The van der Waals surface area contributed by atoms with Crippen LogP contribution in [0.4, 0.5) is 0 Å². The first-order valence-electron chi connectivity index (χ1n) is 3.49. The number of rotatable bonds is 0. The lowest BCUT2D eigenvalue weighted by Gasteiger charge is -2.00. The first-order valence-corrected chi connectivity index (χ1v) is 4.49. The van der Waals surface area contributed by atoms with Crippen molar-refractivity contribution in [2.75, 3.05) is 0 Å². The van der Waals surface area contributed by atoms with Crippen LogP contribution < -0.4 is 0 Å². The second kappa shape index (κ2) is 2.14. The highest BCUT2D eigenvalue weighted by atomic mass is 28.1. The summed E-state index contributed by atoms with van der Waals surface area (Å²) in [4.78, 5) is 0. The molecule has 0 aromatic heterocycles. The predicted octanol–water partition coefficient (Wildman–Crippen LogP) is 1.22. The highest BCUT2D eigenvalue weighted by Gasteiger charge is 2.12. The van der Waals surface area contributed by atoms with E-state index in [1.54, 1.807) is 16.3 Å². The maximum Gasteiger partial charge on any atom is 0.0384 e. The van der Waals surface area contributed by atoms with Gasteiger partial charge < -0.3 is 0 Å². The van der Waals surface area contributed by atoms with Crippen LogP contribution in [-0.2, 0) is 0 Å². The Balaban J connectivity index is 2.97. The van der Waals surface area contributed by atoms with Crippen LogP contribution in [0, 0.1) is 5.92 Å². The van der Waals surface area contributed by atoms with Crippen molar-refractivity contribution in [3.63, 3.8) is 0 Å². The van der Waals surface area contributed by atoms with Crippen LogP contribution in [0.15, 0.2) is 22.4 Å². The largest absolute Gasteiger partial charge is 0.0791 e. The number of hydrogen-bond acceptors (Lipinski definition) is 0. The second-order valence-electron chi connectivity index (χ2n) is 2.95. The third-order valence-corrected chi connectivity index (χ3v) is 3.45. The molecule has 1 aliphatic carbocycles. The molecule has 1 heteroatoms. The zero-order valence-electron chi connectivity index (χ0n) is 6.65. The fourth-order valence-corrected chi connectivity index (χ4v) is 2.17. The summed E-state index contributed by atoms with van der Waals surface area (Å²) < 4.78 is 0. The lowest BCUT2D eigenvalue weighted by atomic mass is 10.1. The predicted molar refractivity (Wildman–Crippen MR) is 45.6 cm³/mol. The summed E-state index contributed by atoms with van der Waals surface area (Å²) in [5.74, 6) is 0.720. The van der Waals surface area contributed by atoms with Crippen LogP contribution in [-0.4, -0.2) is 10.2 Å². The minimum atomic E-state index is 0.720. The molecular formula is C8H14Si. The summed E-state index contributed by atoms with van der Waals surface area (Å²) in [6.45, 7) is 6.74. The molecule has 0 spiro atoms. The van der Waals surface area contributed by atoms with Gasteiger partial charge in [0.15, 0.2) is 0 Å². The van der Waals surface area contributed by atoms with Gasteiger partial charge in [0.1, 0.15) is 0 Å². The number of allylic oxidation sites excluding steroid dienone is 4. The van der Waals surface area contributed by atoms with Gasteiger partial charge in [0.25, 0.3) is 0 Å². The highest BCUT2D eigenvalue weighted by molar-refractivity contribution is 6.24. The summed E-state index contributed by atoms with van der Waals surface area (Å²) >= 11 is 0. The fraction of sp³-hybridized carbons (Fsp3) is 0.500. The van der Waals surface area contributed by atoms with E-state index in [4.69, 9.17) is 0 Å². The van der Waals surface area contributed by atoms with Crippen molar-refractivity contribution in [3.05, 3.63) is 22.4 Å². The standard InChI is InChI=1S/C8H14Si/c1-5-4-8(9)7(3)6(5)2/h4-5H,1-3,9H3. The summed E-state index contributed by atoms with van der Waals surface area (Å²) in [6, 6.07) is 0. The summed E-state index contributed by atoms with van der Waals surface area (Å²) in [5, 5.41) is 1.60. The summed E-state index contributed by atoms with van der Waals surface area (Å²) in [5.41, 5.74) is 3.12. The molecule has 1 aliphatic rings. The van der Waals surface area contributed by atoms with E-state index in [9.17, 15) is 0 Å². The molecule has 0 aliphatic heterocycles. The Morgan fingerprint density at radius 2 is 2.00 bits per heavy atom. The van der Waals surface area contributed by atoms with E-state index in [-0.39, 0.29) is 0 Å². The second-order valence-corrected chi connectivity index (χ2v) is 4.02. The molecule has 1 rings (SSSR count). The maximum absolute atomic E-state index is 2.39. The third-order valence-electron chi connectivity index (χ3n) is 2.37. The van der Waals surface area contributed by atoms with Gasteiger partial charge in [-0.2, -0.15) is 0 Å². The number of hydrogen-bond donors (Lipinski definition) is 0. The molecule has 0 saturated carbocycles. The Bertz CT molecular complexity index is 187. The van der Waals surface area contributed by atoms with Gasteiger partial charge in [0.2, 0.25) is 0 Å². The lowest BCUT2D eigenvalue weighted by Crippen LogP contribution is -1.85. The van der Waals surface area contributed by atoms with Crippen LogP contribution in [0.25, 0.3) is 0 Å². The van der Waals surface area contributed by atoms with Crippen molar-refractivity contribution in [2.45, 2.75) is 20.8 Å². The average Bonchev–Trinajstić information content (AvgIpc) is 1.98. The van der Waals surface area contributed by atoms with E-state index >= 15 is 0 Å². The topological polar surface area (TPSA) is 0 Å². The Labute approximate surface area is 60.1 Å². The van der Waals surface area contributed by atoms with Crippen molar-refractivity contribution in [1.82, 2.24) is 0 Å². The van der Waals surface area contributed by atoms with Gasteiger partial charge in [-0.1, -0.05) is 29.3 Å². The van der Waals surface area contributed by atoms with Crippen LogP contribution in [0.3, 0.4) is 0 Å². The molecule has 0 saturated heterocycles. The Morgan fingerprint density at radius 1 is 1.44 bits per heavy atom. The molecule has 0 amide bonds. The van der Waals surface area contributed by atoms with E-state index in [1.807, 2.05) is 0 Å². The normalized spacial score (nSPS) is 27.4. The molecule has 9 heavy (non-hydrogen) atoms.